The first kappa shape index (κ1) is 19.8. The normalized spacial score (nSPS) is 26.4. The monoisotopic (exact) mass is 415 g/mol. The Morgan fingerprint density at radius 1 is 1.03 bits per heavy atom. The lowest BCUT2D eigenvalue weighted by atomic mass is 9.78. The van der Waals surface area contributed by atoms with Gasteiger partial charge in [-0.05, 0) is 62.7 Å². The van der Waals surface area contributed by atoms with E-state index in [0.29, 0.717) is 29.9 Å². The minimum Gasteiger partial charge on any atom is -0.448 e. The van der Waals surface area contributed by atoms with Crippen LogP contribution < -0.4 is 0 Å². The highest BCUT2D eigenvalue weighted by Crippen LogP contribution is 2.36. The molecular weight excluding hydrogens is 385 g/mol. The standard InChI is InChI=1S/C23H30FN3O3/c24-19-5-6-20-21(13-19)30-25-22(20)16-7-9-26(10-8-16)14-17-3-1-2-4-18(17)15-27-11-12-29-23(27)28/h5-6,13,16-18H,1-4,7-12,14-15H2/t17-,18-/m0/s1. The number of hydrogen-bond acceptors (Lipinski definition) is 5. The largest absolute Gasteiger partial charge is 0.448 e. The number of likely N-dealkylation sites (tertiary alicyclic amines) is 1. The van der Waals surface area contributed by atoms with Crippen LogP contribution in [0.15, 0.2) is 22.7 Å². The molecule has 3 fully saturated rings. The van der Waals surface area contributed by atoms with Crippen LogP contribution in [0, 0.1) is 17.7 Å². The van der Waals surface area contributed by atoms with Crippen molar-refractivity contribution in [1.29, 1.82) is 0 Å². The van der Waals surface area contributed by atoms with Crippen molar-refractivity contribution in [3.63, 3.8) is 0 Å². The zero-order valence-electron chi connectivity index (χ0n) is 17.4. The van der Waals surface area contributed by atoms with Crippen LogP contribution in [0.25, 0.3) is 11.0 Å². The summed E-state index contributed by atoms with van der Waals surface area (Å²) in [7, 11) is 0. The lowest BCUT2D eigenvalue weighted by molar-refractivity contribution is 0.105. The van der Waals surface area contributed by atoms with Gasteiger partial charge in [0.1, 0.15) is 12.4 Å². The van der Waals surface area contributed by atoms with Gasteiger partial charge in [-0.1, -0.05) is 18.0 Å². The Morgan fingerprint density at radius 2 is 1.80 bits per heavy atom. The van der Waals surface area contributed by atoms with Gasteiger partial charge >= 0.3 is 6.09 Å². The Kier molecular flexibility index (Phi) is 5.63. The van der Waals surface area contributed by atoms with Gasteiger partial charge in [0.05, 0.1) is 12.2 Å². The number of carbonyl (C=O) groups excluding carboxylic acids is 1. The van der Waals surface area contributed by atoms with E-state index in [1.54, 1.807) is 6.07 Å². The maximum absolute atomic E-state index is 13.4. The number of piperidine rings is 1. The van der Waals surface area contributed by atoms with Crippen molar-refractivity contribution in [1.82, 2.24) is 15.0 Å². The molecule has 2 aliphatic heterocycles. The highest BCUT2D eigenvalue weighted by Gasteiger charge is 2.33. The summed E-state index contributed by atoms with van der Waals surface area (Å²) >= 11 is 0. The lowest BCUT2D eigenvalue weighted by Crippen LogP contribution is -2.42. The van der Waals surface area contributed by atoms with Crippen LogP contribution >= 0.6 is 0 Å². The zero-order chi connectivity index (χ0) is 20.5. The minimum absolute atomic E-state index is 0.139. The summed E-state index contributed by atoms with van der Waals surface area (Å²) in [4.78, 5) is 16.3. The molecule has 3 heterocycles. The van der Waals surface area contributed by atoms with Gasteiger partial charge in [-0.15, -0.1) is 0 Å². The van der Waals surface area contributed by atoms with Gasteiger partial charge in [-0.25, -0.2) is 9.18 Å². The van der Waals surface area contributed by atoms with Crippen LogP contribution in [0.5, 0.6) is 0 Å². The van der Waals surface area contributed by atoms with E-state index in [4.69, 9.17) is 9.26 Å². The van der Waals surface area contributed by atoms with Gasteiger partial charge < -0.3 is 19.1 Å². The molecule has 0 N–H and O–H groups in total. The summed E-state index contributed by atoms with van der Waals surface area (Å²) in [5, 5.41) is 5.21. The number of ether oxygens (including phenoxy) is 1. The van der Waals surface area contributed by atoms with Crippen molar-refractivity contribution in [3.8, 4) is 0 Å². The van der Waals surface area contributed by atoms with Crippen molar-refractivity contribution in [3.05, 3.63) is 29.7 Å². The van der Waals surface area contributed by atoms with Gasteiger partial charge in [-0.2, -0.15) is 0 Å². The van der Waals surface area contributed by atoms with E-state index in [0.717, 1.165) is 56.6 Å². The number of rotatable bonds is 5. The molecule has 0 unspecified atom stereocenters. The van der Waals surface area contributed by atoms with Crippen molar-refractivity contribution >= 4 is 17.1 Å². The first-order valence-corrected chi connectivity index (χ1v) is 11.4. The van der Waals surface area contributed by atoms with Crippen LogP contribution in [0.3, 0.4) is 0 Å². The number of fused-ring (bicyclic) bond motifs is 1. The molecule has 30 heavy (non-hydrogen) atoms. The van der Waals surface area contributed by atoms with Crippen molar-refractivity contribution in [2.75, 3.05) is 39.3 Å². The van der Waals surface area contributed by atoms with Crippen LogP contribution in [-0.4, -0.2) is 60.4 Å². The van der Waals surface area contributed by atoms with Crippen LogP contribution in [0.1, 0.15) is 50.1 Å². The highest BCUT2D eigenvalue weighted by atomic mass is 19.1. The molecule has 1 aromatic carbocycles. The number of aromatic nitrogens is 1. The zero-order valence-corrected chi connectivity index (χ0v) is 17.4. The molecule has 7 heteroatoms. The molecule has 2 atom stereocenters. The van der Waals surface area contributed by atoms with E-state index in [1.165, 1.54) is 37.8 Å². The second-order valence-electron chi connectivity index (χ2n) is 9.15. The second-order valence-corrected chi connectivity index (χ2v) is 9.15. The van der Waals surface area contributed by atoms with Crippen LogP contribution in [-0.2, 0) is 4.74 Å². The first-order valence-electron chi connectivity index (χ1n) is 11.4. The fourth-order valence-electron chi connectivity index (χ4n) is 5.59. The quantitative estimate of drug-likeness (QED) is 0.724. The molecular formula is C23H30FN3O3. The summed E-state index contributed by atoms with van der Waals surface area (Å²) < 4.78 is 23.9. The molecule has 1 saturated carbocycles. The number of halogens is 1. The van der Waals surface area contributed by atoms with E-state index in [-0.39, 0.29) is 11.9 Å². The minimum atomic E-state index is -0.288. The molecule has 6 nitrogen and oxygen atoms in total. The smallest absolute Gasteiger partial charge is 0.409 e. The van der Waals surface area contributed by atoms with Gasteiger partial charge in [0.2, 0.25) is 0 Å². The SMILES string of the molecule is O=C1OCCN1C[C@@H]1CCCC[C@H]1CN1CCC(c2noc3cc(F)ccc23)CC1. The molecule has 2 aromatic rings. The van der Waals surface area contributed by atoms with Gasteiger partial charge in [-0.3, -0.25) is 0 Å². The molecule has 3 aliphatic rings. The maximum Gasteiger partial charge on any atom is 0.409 e. The van der Waals surface area contributed by atoms with E-state index >= 15 is 0 Å². The summed E-state index contributed by atoms with van der Waals surface area (Å²) in [5.41, 5.74) is 1.52. The summed E-state index contributed by atoms with van der Waals surface area (Å²) in [6.07, 6.45) is 7.00. The molecule has 0 spiro atoms. The number of nitrogens with zero attached hydrogens (tertiary/aromatic N) is 3. The third-order valence-electron chi connectivity index (χ3n) is 7.30. The fourth-order valence-corrected chi connectivity index (χ4v) is 5.59. The molecule has 2 saturated heterocycles. The Labute approximate surface area is 176 Å². The topological polar surface area (TPSA) is 58.8 Å². The van der Waals surface area contributed by atoms with Crippen LogP contribution in [0.2, 0.25) is 0 Å². The molecule has 1 amide bonds. The predicted molar refractivity (Wildman–Crippen MR) is 111 cm³/mol. The molecule has 0 radical (unpaired) electrons. The highest BCUT2D eigenvalue weighted by molar-refractivity contribution is 5.79. The van der Waals surface area contributed by atoms with Crippen molar-refractivity contribution in [2.45, 2.75) is 44.4 Å². The van der Waals surface area contributed by atoms with E-state index < -0.39 is 0 Å². The number of amides is 1. The fraction of sp³-hybridized carbons (Fsp3) is 0.652. The number of benzene rings is 1. The van der Waals surface area contributed by atoms with E-state index in [9.17, 15) is 9.18 Å². The third kappa shape index (κ3) is 4.04. The Bertz CT molecular complexity index is 893. The molecule has 0 bridgehead atoms. The molecule has 1 aromatic heterocycles. The Balaban J connectivity index is 1.18. The summed E-state index contributed by atoms with van der Waals surface area (Å²) in [6.45, 7) is 5.34. The van der Waals surface area contributed by atoms with Gasteiger partial charge in [0, 0.05) is 30.5 Å². The van der Waals surface area contributed by atoms with E-state index in [2.05, 4.69) is 10.1 Å². The van der Waals surface area contributed by atoms with Crippen molar-refractivity contribution in [2.24, 2.45) is 11.8 Å². The maximum atomic E-state index is 13.4. The Hall–Kier alpha value is -2.15. The molecule has 5 rings (SSSR count). The average Bonchev–Trinajstić information content (AvgIpc) is 3.36. The number of hydrogen-bond donors (Lipinski definition) is 0. The number of carbonyl (C=O) groups is 1. The van der Waals surface area contributed by atoms with Gasteiger partial charge in [0.15, 0.2) is 5.58 Å². The first-order chi connectivity index (χ1) is 14.7. The molecule has 162 valence electrons. The van der Waals surface area contributed by atoms with Crippen molar-refractivity contribution < 1.29 is 18.4 Å². The van der Waals surface area contributed by atoms with Crippen LogP contribution in [0.4, 0.5) is 9.18 Å². The summed E-state index contributed by atoms with van der Waals surface area (Å²) in [6, 6.07) is 4.69. The lowest BCUT2D eigenvalue weighted by Gasteiger charge is -2.39. The third-order valence-corrected chi connectivity index (χ3v) is 7.30. The number of cyclic esters (lactones) is 1. The second kappa shape index (κ2) is 8.53. The van der Waals surface area contributed by atoms with Gasteiger partial charge in [0.25, 0.3) is 0 Å². The molecule has 1 aliphatic carbocycles. The van der Waals surface area contributed by atoms with E-state index in [1.807, 2.05) is 4.90 Å². The summed E-state index contributed by atoms with van der Waals surface area (Å²) in [5.74, 6) is 1.31. The average molecular weight is 416 g/mol. The Morgan fingerprint density at radius 3 is 2.53 bits per heavy atom. The predicted octanol–water partition coefficient (Wildman–Crippen LogP) is 4.40.